The third-order valence-corrected chi connectivity index (χ3v) is 4.02. The van der Waals surface area contributed by atoms with Crippen molar-refractivity contribution >= 4 is 28.4 Å². The molecule has 0 spiro atoms. The van der Waals surface area contributed by atoms with Crippen molar-refractivity contribution in [2.45, 2.75) is 12.5 Å². The average Bonchev–Trinajstić information content (AvgIpc) is 2.61. The Morgan fingerprint density at radius 3 is 2.75 bits per heavy atom. The molecule has 0 fully saturated rings. The molecule has 1 heterocycles. The Hall–Kier alpha value is -2.43. The van der Waals surface area contributed by atoms with Gasteiger partial charge in [0.25, 0.3) is 5.91 Å². The molecule has 0 aliphatic heterocycles. The first-order valence-corrected chi connectivity index (χ1v) is 8.08. The first kappa shape index (κ1) is 16.4. The summed E-state index contributed by atoms with van der Waals surface area (Å²) >= 11 is 6.08. The fourth-order valence-electron chi connectivity index (χ4n) is 2.59. The van der Waals surface area contributed by atoms with E-state index in [0.717, 1.165) is 10.9 Å². The van der Waals surface area contributed by atoms with E-state index in [2.05, 4.69) is 10.3 Å². The van der Waals surface area contributed by atoms with E-state index < -0.39 is 6.10 Å². The zero-order chi connectivity index (χ0) is 16.9. The van der Waals surface area contributed by atoms with Crippen molar-refractivity contribution in [2.75, 3.05) is 6.54 Å². The van der Waals surface area contributed by atoms with E-state index in [-0.39, 0.29) is 5.91 Å². The second-order valence-electron chi connectivity index (χ2n) is 5.50. The van der Waals surface area contributed by atoms with Gasteiger partial charge >= 0.3 is 0 Å². The van der Waals surface area contributed by atoms with Gasteiger partial charge in [0.15, 0.2) is 0 Å². The number of aliphatic hydroxyl groups excluding tert-OH is 1. The number of carbonyl (C=O) groups excluding carboxylic acids is 1. The number of hydrogen-bond acceptors (Lipinski definition) is 3. The van der Waals surface area contributed by atoms with E-state index in [4.69, 9.17) is 11.6 Å². The predicted octanol–water partition coefficient (Wildman–Crippen LogP) is 3.74. The lowest BCUT2D eigenvalue weighted by Gasteiger charge is -2.12. The number of rotatable bonds is 5. The molecule has 1 amide bonds. The lowest BCUT2D eigenvalue weighted by Crippen LogP contribution is -2.26. The van der Waals surface area contributed by atoms with Gasteiger partial charge in [-0.2, -0.15) is 0 Å². The number of aromatic nitrogens is 1. The van der Waals surface area contributed by atoms with Crippen LogP contribution < -0.4 is 5.32 Å². The Balaban J connectivity index is 1.68. The lowest BCUT2D eigenvalue weighted by molar-refractivity contribution is 0.0944. The minimum Gasteiger partial charge on any atom is -0.388 e. The van der Waals surface area contributed by atoms with Gasteiger partial charge < -0.3 is 10.4 Å². The number of benzene rings is 2. The van der Waals surface area contributed by atoms with Crippen LogP contribution in [0.15, 0.2) is 60.8 Å². The van der Waals surface area contributed by atoms with E-state index in [1.54, 1.807) is 24.4 Å². The van der Waals surface area contributed by atoms with Crippen LogP contribution in [-0.4, -0.2) is 22.5 Å². The third kappa shape index (κ3) is 3.72. The fraction of sp³-hybridized carbons (Fsp3) is 0.158. The number of nitrogens with zero attached hydrogens (tertiary/aromatic N) is 1. The molecule has 1 aromatic heterocycles. The second kappa shape index (κ2) is 7.43. The second-order valence-corrected chi connectivity index (χ2v) is 5.94. The molecule has 0 saturated heterocycles. The zero-order valence-corrected chi connectivity index (χ0v) is 13.7. The van der Waals surface area contributed by atoms with Gasteiger partial charge in [-0.05, 0) is 30.2 Å². The molecule has 2 N–H and O–H groups in total. The summed E-state index contributed by atoms with van der Waals surface area (Å²) in [5.74, 6) is -0.249. The molecular weight excluding hydrogens is 324 g/mol. The quantitative estimate of drug-likeness (QED) is 0.743. The monoisotopic (exact) mass is 340 g/mol. The van der Waals surface area contributed by atoms with Crippen LogP contribution >= 0.6 is 11.6 Å². The maximum atomic E-state index is 12.4. The molecule has 0 aliphatic rings. The van der Waals surface area contributed by atoms with Crippen LogP contribution in [0.3, 0.4) is 0 Å². The maximum Gasteiger partial charge on any atom is 0.253 e. The minimum absolute atomic E-state index is 0.249. The van der Waals surface area contributed by atoms with Crippen molar-refractivity contribution in [3.63, 3.8) is 0 Å². The molecule has 3 aromatic rings. The largest absolute Gasteiger partial charge is 0.388 e. The van der Waals surface area contributed by atoms with Crippen LogP contribution in [0, 0.1) is 0 Å². The number of hydrogen-bond donors (Lipinski definition) is 2. The first-order chi connectivity index (χ1) is 11.6. The van der Waals surface area contributed by atoms with Gasteiger partial charge in [-0.25, -0.2) is 0 Å². The van der Waals surface area contributed by atoms with Gasteiger partial charge in [0, 0.05) is 23.2 Å². The molecule has 5 heteroatoms. The Morgan fingerprint density at radius 1 is 1.17 bits per heavy atom. The van der Waals surface area contributed by atoms with Crippen molar-refractivity contribution in [3.8, 4) is 0 Å². The highest BCUT2D eigenvalue weighted by atomic mass is 35.5. The number of nitrogens with one attached hydrogen (secondary N) is 1. The van der Waals surface area contributed by atoms with E-state index in [9.17, 15) is 9.90 Å². The van der Waals surface area contributed by atoms with Crippen LogP contribution in [0.1, 0.15) is 28.4 Å². The molecule has 3 rings (SSSR count). The predicted molar refractivity (Wildman–Crippen MR) is 95.1 cm³/mol. The van der Waals surface area contributed by atoms with Gasteiger partial charge in [0.1, 0.15) is 0 Å². The Kier molecular flexibility index (Phi) is 5.08. The SMILES string of the molecule is O=C(NCCC(O)c1ccccc1)c1cc(Cl)cc2cccnc12. The van der Waals surface area contributed by atoms with E-state index in [0.29, 0.717) is 29.1 Å². The van der Waals surface area contributed by atoms with E-state index in [1.807, 2.05) is 36.4 Å². The smallest absolute Gasteiger partial charge is 0.253 e. The normalized spacial score (nSPS) is 12.1. The van der Waals surface area contributed by atoms with Gasteiger partial charge in [-0.1, -0.05) is 48.0 Å². The topological polar surface area (TPSA) is 62.2 Å². The zero-order valence-electron chi connectivity index (χ0n) is 12.9. The molecule has 4 nitrogen and oxygen atoms in total. The number of aliphatic hydroxyl groups is 1. The van der Waals surface area contributed by atoms with Gasteiger partial charge in [0.2, 0.25) is 0 Å². The highest BCUT2D eigenvalue weighted by molar-refractivity contribution is 6.32. The summed E-state index contributed by atoms with van der Waals surface area (Å²) in [7, 11) is 0. The van der Waals surface area contributed by atoms with Crippen LogP contribution in [0.25, 0.3) is 10.9 Å². The summed E-state index contributed by atoms with van der Waals surface area (Å²) in [6, 6.07) is 16.4. The molecule has 0 bridgehead atoms. The molecule has 24 heavy (non-hydrogen) atoms. The average molecular weight is 341 g/mol. The van der Waals surface area contributed by atoms with Gasteiger partial charge in [-0.3, -0.25) is 9.78 Å². The minimum atomic E-state index is -0.610. The summed E-state index contributed by atoms with van der Waals surface area (Å²) in [6.07, 6.45) is 1.47. The van der Waals surface area contributed by atoms with Crippen molar-refractivity contribution in [3.05, 3.63) is 76.9 Å². The molecule has 0 aliphatic carbocycles. The number of fused-ring (bicyclic) bond motifs is 1. The summed E-state index contributed by atoms with van der Waals surface area (Å²) < 4.78 is 0. The van der Waals surface area contributed by atoms with Gasteiger partial charge in [-0.15, -0.1) is 0 Å². The van der Waals surface area contributed by atoms with Crippen LogP contribution in [-0.2, 0) is 0 Å². The standard InChI is InChI=1S/C19H17ClN2O2/c20-15-11-14-7-4-9-21-18(14)16(12-15)19(24)22-10-8-17(23)13-5-2-1-3-6-13/h1-7,9,11-12,17,23H,8,10H2,(H,22,24). The van der Waals surface area contributed by atoms with Crippen molar-refractivity contribution in [1.82, 2.24) is 10.3 Å². The maximum absolute atomic E-state index is 12.4. The Morgan fingerprint density at radius 2 is 1.96 bits per heavy atom. The number of carbonyl (C=O) groups is 1. The van der Waals surface area contributed by atoms with Crippen LogP contribution in [0.2, 0.25) is 5.02 Å². The summed E-state index contributed by atoms with van der Waals surface area (Å²) in [5, 5.41) is 14.3. The molecule has 0 radical (unpaired) electrons. The van der Waals surface area contributed by atoms with Crippen LogP contribution in [0.4, 0.5) is 0 Å². The molecular formula is C19H17ClN2O2. The van der Waals surface area contributed by atoms with E-state index >= 15 is 0 Å². The first-order valence-electron chi connectivity index (χ1n) is 7.70. The van der Waals surface area contributed by atoms with Crippen LogP contribution in [0.5, 0.6) is 0 Å². The van der Waals surface area contributed by atoms with Crippen molar-refractivity contribution < 1.29 is 9.90 Å². The molecule has 122 valence electrons. The Labute approximate surface area is 145 Å². The highest BCUT2D eigenvalue weighted by Gasteiger charge is 2.13. The third-order valence-electron chi connectivity index (χ3n) is 3.80. The molecule has 2 aromatic carbocycles. The number of amides is 1. The van der Waals surface area contributed by atoms with Gasteiger partial charge in [0.05, 0.1) is 17.2 Å². The van der Waals surface area contributed by atoms with E-state index in [1.165, 1.54) is 0 Å². The lowest BCUT2D eigenvalue weighted by atomic mass is 10.1. The summed E-state index contributed by atoms with van der Waals surface area (Å²) in [5.41, 5.74) is 1.89. The Bertz CT molecular complexity index is 852. The molecule has 1 atom stereocenters. The fourth-order valence-corrected chi connectivity index (χ4v) is 2.81. The van der Waals surface area contributed by atoms with Crippen molar-refractivity contribution in [1.29, 1.82) is 0 Å². The number of pyridine rings is 1. The molecule has 0 saturated carbocycles. The van der Waals surface area contributed by atoms with Crippen molar-refractivity contribution in [2.24, 2.45) is 0 Å². The highest BCUT2D eigenvalue weighted by Crippen LogP contribution is 2.22. The number of halogens is 1. The summed E-state index contributed by atoms with van der Waals surface area (Å²) in [4.78, 5) is 16.7. The summed E-state index contributed by atoms with van der Waals surface area (Å²) in [6.45, 7) is 0.357. The molecule has 1 unspecified atom stereocenters.